The maximum atomic E-state index is 5.96. The molecule has 1 aliphatic heterocycles. The third-order valence-corrected chi connectivity index (χ3v) is 5.03. The van der Waals surface area contributed by atoms with Gasteiger partial charge in [-0.05, 0) is 70.0 Å². The predicted octanol–water partition coefficient (Wildman–Crippen LogP) is 4.74. The molecule has 0 saturated heterocycles. The third kappa shape index (κ3) is 6.03. The van der Waals surface area contributed by atoms with Gasteiger partial charge in [0.15, 0.2) is 5.58 Å². The fraction of sp³-hybridized carbons (Fsp3) is 0.360. The molecule has 4 heterocycles. The molecule has 0 spiro atoms. The number of hydrogen-bond acceptors (Lipinski definition) is 6. The number of aryl methyl sites for hydroxylation is 1. The number of nitrogens with one attached hydrogen (secondary N) is 1. The molecule has 0 fully saturated rings. The summed E-state index contributed by atoms with van der Waals surface area (Å²) in [5.41, 5.74) is 9.39. The lowest BCUT2D eigenvalue weighted by Gasteiger charge is -2.14. The van der Waals surface area contributed by atoms with Crippen molar-refractivity contribution < 1.29 is 9.15 Å². The molecular weight excluding hydrogens is 388 g/mol. The summed E-state index contributed by atoms with van der Waals surface area (Å²) < 4.78 is 11.3. The van der Waals surface area contributed by atoms with E-state index in [1.807, 2.05) is 55.7 Å². The second-order valence-corrected chi connectivity index (χ2v) is 7.29. The lowest BCUT2D eigenvalue weighted by atomic mass is 10.1. The van der Waals surface area contributed by atoms with Crippen molar-refractivity contribution in [1.29, 1.82) is 0 Å². The third-order valence-electron chi connectivity index (χ3n) is 5.03. The van der Waals surface area contributed by atoms with Gasteiger partial charge in [-0.25, -0.2) is 0 Å². The van der Waals surface area contributed by atoms with Crippen LogP contribution in [0, 0.1) is 0 Å². The topological polar surface area (TPSA) is 86.2 Å². The Balaban J connectivity index is 0.000000225. The fourth-order valence-corrected chi connectivity index (χ4v) is 3.49. The van der Waals surface area contributed by atoms with Crippen molar-refractivity contribution in [2.45, 2.75) is 39.2 Å². The van der Waals surface area contributed by atoms with Gasteiger partial charge in [0.2, 0.25) is 0 Å². The lowest BCUT2D eigenvalue weighted by molar-refractivity contribution is 0.285. The number of pyridine rings is 2. The number of rotatable bonds is 8. The van der Waals surface area contributed by atoms with Crippen molar-refractivity contribution in [3.8, 4) is 5.75 Å². The van der Waals surface area contributed by atoms with Gasteiger partial charge in [-0.2, -0.15) is 0 Å². The maximum absolute atomic E-state index is 5.96. The molecule has 0 amide bonds. The van der Waals surface area contributed by atoms with E-state index in [1.165, 1.54) is 0 Å². The Morgan fingerprint density at radius 3 is 2.90 bits per heavy atom. The summed E-state index contributed by atoms with van der Waals surface area (Å²) in [5, 5.41) is 4.45. The highest BCUT2D eigenvalue weighted by atomic mass is 16.5. The molecule has 1 aliphatic rings. The summed E-state index contributed by atoms with van der Waals surface area (Å²) in [5.74, 6) is 1.80. The van der Waals surface area contributed by atoms with E-state index >= 15 is 0 Å². The SMILES string of the molecule is C=Cc1c(/C=C\C)oc2c(CNCCCCN)nccc12.c1cnc2c(c1)OCCC2. The number of furan rings is 1. The Labute approximate surface area is 184 Å². The number of ether oxygens (including phenoxy) is 1. The Morgan fingerprint density at radius 2 is 2.13 bits per heavy atom. The molecule has 4 rings (SSSR count). The molecule has 0 bridgehead atoms. The van der Waals surface area contributed by atoms with Crippen LogP contribution in [-0.4, -0.2) is 29.7 Å². The molecule has 3 aromatic rings. The predicted molar refractivity (Wildman–Crippen MR) is 127 cm³/mol. The van der Waals surface area contributed by atoms with E-state index in [1.54, 1.807) is 0 Å². The van der Waals surface area contributed by atoms with E-state index < -0.39 is 0 Å². The summed E-state index contributed by atoms with van der Waals surface area (Å²) in [6, 6.07) is 5.85. The van der Waals surface area contributed by atoms with E-state index in [2.05, 4.69) is 21.9 Å². The van der Waals surface area contributed by atoms with Crippen molar-refractivity contribution >= 4 is 23.1 Å². The normalized spacial score (nSPS) is 12.8. The molecule has 6 heteroatoms. The van der Waals surface area contributed by atoms with E-state index in [4.69, 9.17) is 14.9 Å². The van der Waals surface area contributed by atoms with Crippen LogP contribution >= 0.6 is 0 Å². The lowest BCUT2D eigenvalue weighted by Crippen LogP contribution is -2.16. The van der Waals surface area contributed by atoms with Crippen molar-refractivity contribution in [2.75, 3.05) is 19.7 Å². The Hall–Kier alpha value is -2.96. The molecule has 6 nitrogen and oxygen atoms in total. The van der Waals surface area contributed by atoms with Gasteiger partial charge in [0, 0.05) is 29.9 Å². The van der Waals surface area contributed by atoms with Crippen LogP contribution in [0.4, 0.5) is 0 Å². The number of nitrogens with zero attached hydrogens (tertiary/aromatic N) is 2. The second kappa shape index (κ2) is 12.0. The standard InChI is InChI=1S/C17H23N3O.C8H9NO/c1-3-7-16-13(4-2)14-8-11-20-15(17(14)21-16)12-19-10-6-5-9-18;1-4-8-7(9-5-1)3-2-6-10-8/h3-4,7-8,11,19H,2,5-6,9-10,12,18H2,1H3;1,4-5H,2-3,6H2/b7-3-;. The van der Waals surface area contributed by atoms with Crippen LogP contribution in [0.3, 0.4) is 0 Å². The molecular formula is C25H32N4O2. The molecule has 0 unspecified atom stereocenters. The molecule has 0 aliphatic carbocycles. The molecule has 31 heavy (non-hydrogen) atoms. The minimum Gasteiger partial charge on any atom is -0.492 e. The summed E-state index contributed by atoms with van der Waals surface area (Å²) >= 11 is 0. The highest BCUT2D eigenvalue weighted by Crippen LogP contribution is 2.29. The Kier molecular flexibility index (Phi) is 8.82. The number of fused-ring (bicyclic) bond motifs is 2. The first-order valence-electron chi connectivity index (χ1n) is 10.9. The zero-order valence-corrected chi connectivity index (χ0v) is 18.3. The number of allylic oxidation sites excluding steroid dienone is 1. The summed E-state index contributed by atoms with van der Waals surface area (Å²) in [4.78, 5) is 8.63. The molecule has 3 aromatic heterocycles. The molecule has 0 atom stereocenters. The van der Waals surface area contributed by atoms with Gasteiger partial charge in [-0.15, -0.1) is 0 Å². The quantitative estimate of drug-likeness (QED) is 0.512. The highest BCUT2D eigenvalue weighted by molar-refractivity contribution is 5.91. The van der Waals surface area contributed by atoms with Crippen LogP contribution in [0.5, 0.6) is 5.75 Å². The average molecular weight is 421 g/mol. The van der Waals surface area contributed by atoms with Gasteiger partial charge in [-0.3, -0.25) is 9.97 Å². The van der Waals surface area contributed by atoms with Gasteiger partial charge in [0.05, 0.1) is 18.0 Å². The van der Waals surface area contributed by atoms with Crippen LogP contribution in [-0.2, 0) is 13.0 Å². The van der Waals surface area contributed by atoms with Crippen LogP contribution in [0.1, 0.15) is 48.9 Å². The van der Waals surface area contributed by atoms with Crippen LogP contribution in [0.25, 0.3) is 23.1 Å². The summed E-state index contributed by atoms with van der Waals surface area (Å²) in [6.45, 7) is 9.07. The van der Waals surface area contributed by atoms with Gasteiger partial charge in [0.25, 0.3) is 0 Å². The monoisotopic (exact) mass is 420 g/mol. The number of nitrogens with two attached hydrogens (primary N) is 1. The van der Waals surface area contributed by atoms with Gasteiger partial charge in [0.1, 0.15) is 11.5 Å². The fourth-order valence-electron chi connectivity index (χ4n) is 3.49. The first kappa shape index (κ1) is 22.7. The van der Waals surface area contributed by atoms with E-state index in [0.717, 1.165) is 84.8 Å². The zero-order chi connectivity index (χ0) is 21.9. The molecule has 0 aromatic carbocycles. The number of hydrogen-bond donors (Lipinski definition) is 2. The van der Waals surface area contributed by atoms with Gasteiger partial charge in [-0.1, -0.05) is 18.7 Å². The first-order chi connectivity index (χ1) is 15.3. The maximum Gasteiger partial charge on any atom is 0.158 e. The van der Waals surface area contributed by atoms with Gasteiger partial charge >= 0.3 is 0 Å². The van der Waals surface area contributed by atoms with Crippen molar-refractivity contribution in [1.82, 2.24) is 15.3 Å². The van der Waals surface area contributed by atoms with E-state index in [-0.39, 0.29) is 0 Å². The molecule has 164 valence electrons. The minimum absolute atomic E-state index is 0.696. The first-order valence-corrected chi connectivity index (χ1v) is 10.9. The van der Waals surface area contributed by atoms with Gasteiger partial charge < -0.3 is 20.2 Å². The average Bonchev–Trinajstić information content (AvgIpc) is 3.17. The Morgan fingerprint density at radius 1 is 1.23 bits per heavy atom. The van der Waals surface area contributed by atoms with Crippen LogP contribution in [0.15, 0.2) is 47.7 Å². The minimum atomic E-state index is 0.696. The van der Waals surface area contributed by atoms with E-state index in [0.29, 0.717) is 6.54 Å². The van der Waals surface area contributed by atoms with Crippen LogP contribution < -0.4 is 15.8 Å². The van der Waals surface area contributed by atoms with E-state index in [9.17, 15) is 0 Å². The van der Waals surface area contributed by atoms with Crippen LogP contribution in [0.2, 0.25) is 0 Å². The smallest absolute Gasteiger partial charge is 0.158 e. The Bertz CT molecular complexity index is 985. The van der Waals surface area contributed by atoms with Crippen molar-refractivity contribution in [3.63, 3.8) is 0 Å². The summed E-state index contributed by atoms with van der Waals surface area (Å²) in [6.07, 6.45) is 13.7. The number of aromatic nitrogens is 2. The molecule has 0 saturated carbocycles. The highest BCUT2D eigenvalue weighted by Gasteiger charge is 2.13. The van der Waals surface area contributed by atoms with Crippen molar-refractivity contribution in [3.05, 3.63) is 66.0 Å². The second-order valence-electron chi connectivity index (χ2n) is 7.29. The largest absolute Gasteiger partial charge is 0.492 e. The summed E-state index contributed by atoms with van der Waals surface area (Å²) in [7, 11) is 0. The zero-order valence-electron chi connectivity index (χ0n) is 18.3. The number of unbranched alkanes of at least 4 members (excludes halogenated alkanes) is 1. The van der Waals surface area contributed by atoms with Crippen molar-refractivity contribution in [2.24, 2.45) is 5.73 Å². The molecule has 0 radical (unpaired) electrons. The molecule has 3 N–H and O–H groups in total.